The van der Waals surface area contributed by atoms with Crippen molar-refractivity contribution in [3.63, 3.8) is 0 Å². The molecule has 3 saturated carbocycles. The average Bonchev–Trinajstić information content (AvgIpc) is 3.09. The van der Waals surface area contributed by atoms with Gasteiger partial charge in [0, 0.05) is 24.5 Å². The molecular formula is C29H44O5. The van der Waals surface area contributed by atoms with Crippen molar-refractivity contribution >= 4 is 17.5 Å². The maximum atomic E-state index is 12.9. The van der Waals surface area contributed by atoms with Crippen molar-refractivity contribution in [3.05, 3.63) is 23.8 Å². The Hall–Kier alpha value is -1.75. The zero-order chi connectivity index (χ0) is 25.5. The van der Waals surface area contributed by atoms with Crippen LogP contribution in [0, 0.1) is 35.0 Å². The Morgan fingerprint density at radius 1 is 1.03 bits per heavy atom. The maximum Gasteiger partial charge on any atom is 0.332 e. The summed E-state index contributed by atoms with van der Waals surface area (Å²) in [6.45, 7) is 14.5. The Kier molecular flexibility index (Phi) is 7.67. The Bertz CT molecular complexity index is 881. The minimum Gasteiger partial charge on any atom is -0.448 e. The molecule has 7 atom stereocenters. The van der Waals surface area contributed by atoms with Gasteiger partial charge in [0.1, 0.15) is 0 Å². The summed E-state index contributed by atoms with van der Waals surface area (Å²) in [5.41, 5.74) is -1.76. The first-order valence-corrected chi connectivity index (χ1v) is 13.1. The molecule has 1 N–H and O–H groups in total. The van der Waals surface area contributed by atoms with E-state index < -0.39 is 17.2 Å². The van der Waals surface area contributed by atoms with Crippen LogP contribution >= 0.6 is 0 Å². The number of ketones is 2. The number of hydrogen-bond donors (Lipinski definition) is 1. The van der Waals surface area contributed by atoms with Crippen LogP contribution in [-0.4, -0.2) is 33.8 Å². The van der Waals surface area contributed by atoms with Crippen molar-refractivity contribution in [1.29, 1.82) is 0 Å². The Balaban J connectivity index is 1.76. The van der Waals surface area contributed by atoms with Crippen LogP contribution in [0.3, 0.4) is 0 Å². The first kappa shape index (κ1) is 26.8. The summed E-state index contributed by atoms with van der Waals surface area (Å²) in [6.07, 6.45) is 9.91. The van der Waals surface area contributed by atoms with Crippen LogP contribution in [0.5, 0.6) is 0 Å². The highest BCUT2D eigenvalue weighted by Gasteiger charge is 2.53. The van der Waals surface area contributed by atoms with Crippen LogP contribution in [0.4, 0.5) is 0 Å². The Morgan fingerprint density at radius 3 is 2.32 bits per heavy atom. The SMILES string of the molecule is CC(C)C(C)/C=C/C(C)C1CCC2/C(=C/C(=O)OC3(C)CCC(C)(O)CC3=O)C(=O)CCC21C. The van der Waals surface area contributed by atoms with Gasteiger partial charge in [-0.1, -0.05) is 46.8 Å². The van der Waals surface area contributed by atoms with E-state index >= 15 is 0 Å². The van der Waals surface area contributed by atoms with Crippen LogP contribution in [0.2, 0.25) is 0 Å². The second kappa shape index (κ2) is 9.72. The minimum atomic E-state index is -1.25. The summed E-state index contributed by atoms with van der Waals surface area (Å²) in [7, 11) is 0. The van der Waals surface area contributed by atoms with Gasteiger partial charge in [-0.2, -0.15) is 0 Å². The van der Waals surface area contributed by atoms with E-state index in [4.69, 9.17) is 4.74 Å². The smallest absolute Gasteiger partial charge is 0.332 e. The number of esters is 1. The third-order valence-corrected chi connectivity index (χ3v) is 9.27. The van der Waals surface area contributed by atoms with E-state index in [1.165, 1.54) is 6.08 Å². The van der Waals surface area contributed by atoms with Gasteiger partial charge in [-0.25, -0.2) is 4.79 Å². The Morgan fingerprint density at radius 2 is 1.71 bits per heavy atom. The maximum absolute atomic E-state index is 12.9. The lowest BCUT2D eigenvalue weighted by Gasteiger charge is -2.43. The fourth-order valence-corrected chi connectivity index (χ4v) is 6.36. The fraction of sp³-hybridized carbons (Fsp3) is 0.759. The monoisotopic (exact) mass is 472 g/mol. The Labute approximate surface area is 205 Å². The van der Waals surface area contributed by atoms with E-state index in [1.807, 2.05) is 0 Å². The largest absolute Gasteiger partial charge is 0.448 e. The standard InChI is InChI=1S/C29H44O5/c1-18(2)19(3)8-9-20(4)22-10-11-23-21(24(30)12-13-28(22,23)6)16-26(32)34-29(7)15-14-27(5,33)17-25(29)31/h8-9,16,18-20,22-23,33H,10-15,17H2,1-7H3/b9-8+,21-16-. The summed E-state index contributed by atoms with van der Waals surface area (Å²) in [6, 6.07) is 0. The zero-order valence-electron chi connectivity index (χ0n) is 22.1. The predicted octanol–water partition coefficient (Wildman–Crippen LogP) is 5.60. The predicted molar refractivity (Wildman–Crippen MR) is 133 cm³/mol. The van der Waals surface area contributed by atoms with Crippen molar-refractivity contribution < 1.29 is 24.2 Å². The van der Waals surface area contributed by atoms with Gasteiger partial charge in [0.25, 0.3) is 0 Å². The van der Waals surface area contributed by atoms with Crippen LogP contribution in [0.25, 0.3) is 0 Å². The van der Waals surface area contributed by atoms with Gasteiger partial charge in [0.2, 0.25) is 0 Å². The summed E-state index contributed by atoms with van der Waals surface area (Å²) < 4.78 is 5.64. The normalized spacial score (nSPS) is 39.5. The van der Waals surface area contributed by atoms with Crippen molar-refractivity contribution in [2.24, 2.45) is 35.0 Å². The van der Waals surface area contributed by atoms with Gasteiger partial charge in [-0.3, -0.25) is 9.59 Å². The van der Waals surface area contributed by atoms with Gasteiger partial charge >= 0.3 is 5.97 Å². The molecule has 3 aliphatic carbocycles. The molecule has 3 aliphatic rings. The van der Waals surface area contributed by atoms with E-state index in [-0.39, 0.29) is 35.7 Å². The van der Waals surface area contributed by atoms with E-state index in [0.717, 1.165) is 19.3 Å². The number of hydrogen-bond acceptors (Lipinski definition) is 5. The molecule has 0 aromatic rings. The van der Waals surface area contributed by atoms with E-state index in [9.17, 15) is 19.5 Å². The molecule has 0 radical (unpaired) electrons. The van der Waals surface area contributed by atoms with Crippen LogP contribution in [0.15, 0.2) is 23.8 Å². The number of Topliss-reactive ketones (excluding diaryl/α,β-unsaturated/α-hetero) is 2. The molecule has 0 amide bonds. The third kappa shape index (κ3) is 5.40. The molecule has 0 spiro atoms. The molecule has 5 nitrogen and oxygen atoms in total. The summed E-state index contributed by atoms with van der Waals surface area (Å²) in [4.78, 5) is 38.4. The number of fused-ring (bicyclic) bond motifs is 1. The number of aliphatic hydroxyl groups is 1. The summed E-state index contributed by atoms with van der Waals surface area (Å²) in [5.74, 6) is 1.18. The van der Waals surface area contributed by atoms with Crippen molar-refractivity contribution in [1.82, 2.24) is 0 Å². The number of rotatable bonds is 6. The van der Waals surface area contributed by atoms with Gasteiger partial charge in [-0.15, -0.1) is 0 Å². The second-order valence-electron chi connectivity index (χ2n) is 12.4. The van der Waals surface area contributed by atoms with Gasteiger partial charge in [-0.05, 0) is 81.0 Å². The van der Waals surface area contributed by atoms with Crippen molar-refractivity contribution in [2.45, 2.75) is 105 Å². The molecule has 0 saturated heterocycles. The first-order valence-electron chi connectivity index (χ1n) is 13.1. The van der Waals surface area contributed by atoms with Crippen molar-refractivity contribution in [2.75, 3.05) is 0 Å². The third-order valence-electron chi connectivity index (χ3n) is 9.27. The molecule has 0 aromatic carbocycles. The molecule has 3 fully saturated rings. The molecule has 190 valence electrons. The number of carbonyl (C=O) groups excluding carboxylic acids is 3. The molecule has 34 heavy (non-hydrogen) atoms. The molecule has 0 bridgehead atoms. The molecule has 0 aromatic heterocycles. The lowest BCUT2D eigenvalue weighted by molar-refractivity contribution is -0.170. The van der Waals surface area contributed by atoms with E-state index in [0.29, 0.717) is 42.1 Å². The summed E-state index contributed by atoms with van der Waals surface area (Å²) in [5, 5.41) is 10.2. The second-order valence-corrected chi connectivity index (χ2v) is 12.4. The van der Waals surface area contributed by atoms with Gasteiger partial charge in [0.05, 0.1) is 5.60 Å². The zero-order valence-corrected chi connectivity index (χ0v) is 22.1. The highest BCUT2D eigenvalue weighted by molar-refractivity contribution is 6.02. The minimum absolute atomic E-state index is 0.0276. The van der Waals surface area contributed by atoms with Crippen molar-refractivity contribution in [3.8, 4) is 0 Å². The number of allylic oxidation sites excluding steroid dienone is 3. The average molecular weight is 473 g/mol. The quantitative estimate of drug-likeness (QED) is 0.309. The van der Waals surface area contributed by atoms with Crippen LogP contribution < -0.4 is 0 Å². The number of ether oxygens (including phenoxy) is 1. The van der Waals surface area contributed by atoms with Crippen LogP contribution in [-0.2, 0) is 19.1 Å². The first-order chi connectivity index (χ1) is 15.7. The lowest BCUT2D eigenvalue weighted by Crippen LogP contribution is -2.49. The molecule has 0 heterocycles. The fourth-order valence-electron chi connectivity index (χ4n) is 6.36. The summed E-state index contributed by atoms with van der Waals surface area (Å²) >= 11 is 0. The molecule has 0 aliphatic heterocycles. The molecule has 3 rings (SSSR count). The molecule has 7 unspecified atom stereocenters. The van der Waals surface area contributed by atoms with E-state index in [2.05, 4.69) is 46.8 Å². The highest BCUT2D eigenvalue weighted by atomic mass is 16.6. The van der Waals surface area contributed by atoms with Gasteiger partial charge in [0.15, 0.2) is 17.2 Å². The lowest BCUT2D eigenvalue weighted by atomic mass is 9.61. The number of carbonyl (C=O) groups is 3. The molecule has 5 heteroatoms. The van der Waals surface area contributed by atoms with Gasteiger partial charge < -0.3 is 9.84 Å². The van der Waals surface area contributed by atoms with E-state index in [1.54, 1.807) is 13.8 Å². The highest BCUT2D eigenvalue weighted by Crippen LogP contribution is 2.58. The van der Waals surface area contributed by atoms with Crippen LogP contribution in [0.1, 0.15) is 93.4 Å². The topological polar surface area (TPSA) is 80.7 Å². The molecular weight excluding hydrogens is 428 g/mol.